The van der Waals surface area contributed by atoms with Crippen molar-refractivity contribution >= 4 is 33.4 Å². The number of unbranched alkanes of at least 4 members (excludes halogenated alkanes) is 1. The largest absolute Gasteiger partial charge is 0.344 e. The molecule has 0 saturated heterocycles. The molecular formula is C17H23BrN4. The predicted octanol–water partition coefficient (Wildman–Crippen LogP) is 4.84. The lowest BCUT2D eigenvalue weighted by Gasteiger charge is -2.18. The van der Waals surface area contributed by atoms with Crippen LogP contribution in [0.15, 0.2) is 28.7 Å². The summed E-state index contributed by atoms with van der Waals surface area (Å²) in [6.45, 7) is 7.22. The van der Waals surface area contributed by atoms with Crippen LogP contribution in [-0.4, -0.2) is 23.6 Å². The van der Waals surface area contributed by atoms with E-state index in [0.717, 1.165) is 40.6 Å². The van der Waals surface area contributed by atoms with Gasteiger partial charge < -0.3 is 10.2 Å². The first-order valence-electron chi connectivity index (χ1n) is 7.59. The molecule has 0 amide bonds. The molecule has 2 aromatic rings. The highest BCUT2D eigenvalue weighted by Gasteiger charge is 2.08. The lowest BCUT2D eigenvalue weighted by molar-refractivity contribution is 0.749. The fourth-order valence-corrected chi connectivity index (χ4v) is 2.48. The Morgan fingerprint density at radius 2 is 1.95 bits per heavy atom. The highest BCUT2D eigenvalue weighted by molar-refractivity contribution is 9.10. The van der Waals surface area contributed by atoms with Gasteiger partial charge in [-0.15, -0.1) is 0 Å². The molecule has 1 N–H and O–H groups in total. The first-order chi connectivity index (χ1) is 10.5. The standard InChI is InChI=1S/C17H23BrN4/c1-5-6-9-22(4)17-19-13(3)10-16(21-17)20-14-8-7-12(2)15(18)11-14/h7-8,10-11H,5-6,9H2,1-4H3,(H,19,20,21). The molecular weight excluding hydrogens is 340 g/mol. The molecule has 5 heteroatoms. The molecule has 22 heavy (non-hydrogen) atoms. The average molecular weight is 363 g/mol. The van der Waals surface area contributed by atoms with Gasteiger partial charge in [-0.2, -0.15) is 4.98 Å². The highest BCUT2D eigenvalue weighted by atomic mass is 79.9. The van der Waals surface area contributed by atoms with Crippen molar-refractivity contribution in [1.82, 2.24) is 9.97 Å². The van der Waals surface area contributed by atoms with E-state index in [1.165, 1.54) is 12.0 Å². The monoisotopic (exact) mass is 362 g/mol. The minimum absolute atomic E-state index is 0.766. The number of nitrogens with zero attached hydrogens (tertiary/aromatic N) is 3. The summed E-state index contributed by atoms with van der Waals surface area (Å²) in [4.78, 5) is 11.3. The van der Waals surface area contributed by atoms with Gasteiger partial charge in [-0.25, -0.2) is 4.98 Å². The Morgan fingerprint density at radius 3 is 2.64 bits per heavy atom. The lowest BCUT2D eigenvalue weighted by Crippen LogP contribution is -2.21. The number of halogens is 1. The second-order valence-corrected chi connectivity index (χ2v) is 6.41. The number of nitrogens with one attached hydrogen (secondary N) is 1. The van der Waals surface area contributed by atoms with Gasteiger partial charge in [-0.05, 0) is 38.0 Å². The molecule has 0 aliphatic heterocycles. The van der Waals surface area contributed by atoms with Gasteiger partial charge in [-0.3, -0.25) is 0 Å². The number of anilines is 3. The molecule has 2 rings (SSSR count). The number of aryl methyl sites for hydroxylation is 2. The Hall–Kier alpha value is -1.62. The summed E-state index contributed by atoms with van der Waals surface area (Å²) in [5.41, 5.74) is 3.18. The number of rotatable bonds is 6. The third-order valence-corrected chi connectivity index (χ3v) is 4.33. The Bertz CT molecular complexity index is 643. The smallest absolute Gasteiger partial charge is 0.227 e. The highest BCUT2D eigenvalue weighted by Crippen LogP contribution is 2.24. The van der Waals surface area contributed by atoms with Crippen LogP contribution in [0.5, 0.6) is 0 Å². The van der Waals surface area contributed by atoms with Gasteiger partial charge in [0.2, 0.25) is 5.95 Å². The summed E-state index contributed by atoms with van der Waals surface area (Å²) in [7, 11) is 2.04. The summed E-state index contributed by atoms with van der Waals surface area (Å²) in [5, 5.41) is 3.36. The van der Waals surface area contributed by atoms with Crippen LogP contribution >= 0.6 is 15.9 Å². The van der Waals surface area contributed by atoms with Gasteiger partial charge >= 0.3 is 0 Å². The topological polar surface area (TPSA) is 41.1 Å². The Morgan fingerprint density at radius 1 is 1.18 bits per heavy atom. The summed E-state index contributed by atoms with van der Waals surface area (Å²) < 4.78 is 1.09. The molecule has 0 atom stereocenters. The zero-order chi connectivity index (χ0) is 16.1. The normalized spacial score (nSPS) is 10.6. The van der Waals surface area contributed by atoms with Gasteiger partial charge in [0.15, 0.2) is 0 Å². The van der Waals surface area contributed by atoms with Crippen LogP contribution in [0.2, 0.25) is 0 Å². The second kappa shape index (κ2) is 7.58. The SMILES string of the molecule is CCCCN(C)c1nc(C)cc(Nc2ccc(C)c(Br)c2)n1. The van der Waals surface area contributed by atoms with E-state index >= 15 is 0 Å². The fraction of sp³-hybridized carbons (Fsp3) is 0.412. The Kier molecular flexibility index (Phi) is 5.77. The first-order valence-corrected chi connectivity index (χ1v) is 8.39. The summed E-state index contributed by atoms with van der Waals surface area (Å²) in [6, 6.07) is 8.16. The minimum Gasteiger partial charge on any atom is -0.344 e. The molecule has 0 unspecified atom stereocenters. The van der Waals surface area contributed by atoms with Crippen molar-refractivity contribution in [3.63, 3.8) is 0 Å². The van der Waals surface area contributed by atoms with E-state index in [9.17, 15) is 0 Å². The van der Waals surface area contributed by atoms with E-state index in [0.29, 0.717) is 0 Å². The molecule has 1 heterocycles. The number of hydrogen-bond acceptors (Lipinski definition) is 4. The van der Waals surface area contributed by atoms with Crippen LogP contribution in [0.3, 0.4) is 0 Å². The van der Waals surface area contributed by atoms with Crippen molar-refractivity contribution in [2.75, 3.05) is 23.8 Å². The summed E-state index contributed by atoms with van der Waals surface area (Å²) in [6.07, 6.45) is 2.31. The van der Waals surface area contributed by atoms with Crippen molar-refractivity contribution in [2.24, 2.45) is 0 Å². The van der Waals surface area contributed by atoms with Crippen molar-refractivity contribution in [1.29, 1.82) is 0 Å². The van der Waals surface area contributed by atoms with Crippen LogP contribution in [0.4, 0.5) is 17.5 Å². The molecule has 1 aromatic heterocycles. The fourth-order valence-electron chi connectivity index (χ4n) is 2.10. The van der Waals surface area contributed by atoms with Crippen molar-refractivity contribution in [2.45, 2.75) is 33.6 Å². The molecule has 0 saturated carbocycles. The first kappa shape index (κ1) is 16.7. The van der Waals surface area contributed by atoms with Crippen molar-refractivity contribution in [3.05, 3.63) is 40.0 Å². The van der Waals surface area contributed by atoms with Crippen LogP contribution < -0.4 is 10.2 Å². The molecule has 1 aromatic carbocycles. The van der Waals surface area contributed by atoms with Crippen molar-refractivity contribution in [3.8, 4) is 0 Å². The molecule has 0 bridgehead atoms. The maximum Gasteiger partial charge on any atom is 0.227 e. The van der Waals surface area contributed by atoms with E-state index in [-0.39, 0.29) is 0 Å². The van der Waals surface area contributed by atoms with E-state index in [4.69, 9.17) is 0 Å². The number of benzene rings is 1. The Balaban J connectivity index is 2.20. The predicted molar refractivity (Wildman–Crippen MR) is 97.1 cm³/mol. The zero-order valence-electron chi connectivity index (χ0n) is 13.7. The maximum atomic E-state index is 4.62. The van der Waals surface area contributed by atoms with Gasteiger partial charge in [0.05, 0.1) is 0 Å². The Labute approximate surface area is 141 Å². The van der Waals surface area contributed by atoms with Gasteiger partial charge in [0, 0.05) is 35.5 Å². The van der Waals surface area contributed by atoms with Gasteiger partial charge in [-0.1, -0.05) is 35.3 Å². The number of aromatic nitrogens is 2. The molecule has 0 radical (unpaired) electrons. The van der Waals surface area contributed by atoms with Gasteiger partial charge in [0.25, 0.3) is 0 Å². The molecule has 0 aliphatic rings. The quantitative estimate of drug-likeness (QED) is 0.798. The van der Waals surface area contributed by atoms with Crippen molar-refractivity contribution < 1.29 is 0 Å². The zero-order valence-corrected chi connectivity index (χ0v) is 15.2. The van der Waals surface area contributed by atoms with Crippen LogP contribution in [-0.2, 0) is 0 Å². The van der Waals surface area contributed by atoms with E-state index in [1.54, 1.807) is 0 Å². The number of hydrogen-bond donors (Lipinski definition) is 1. The van der Waals surface area contributed by atoms with Gasteiger partial charge in [0.1, 0.15) is 5.82 Å². The second-order valence-electron chi connectivity index (χ2n) is 5.56. The van der Waals surface area contributed by atoms with E-state index in [1.807, 2.05) is 20.0 Å². The third-order valence-electron chi connectivity index (χ3n) is 3.48. The molecule has 4 nitrogen and oxygen atoms in total. The average Bonchev–Trinajstić information content (AvgIpc) is 2.48. The minimum atomic E-state index is 0.766. The molecule has 0 aliphatic carbocycles. The molecule has 118 valence electrons. The lowest BCUT2D eigenvalue weighted by atomic mass is 10.2. The van der Waals surface area contributed by atoms with Crippen LogP contribution in [0.1, 0.15) is 31.0 Å². The molecule has 0 fully saturated rings. The van der Waals surface area contributed by atoms with E-state index in [2.05, 4.69) is 68.2 Å². The summed E-state index contributed by atoms with van der Waals surface area (Å²) in [5.74, 6) is 1.59. The third kappa shape index (κ3) is 4.44. The summed E-state index contributed by atoms with van der Waals surface area (Å²) >= 11 is 3.56. The molecule has 0 spiro atoms. The van der Waals surface area contributed by atoms with Crippen LogP contribution in [0.25, 0.3) is 0 Å². The van der Waals surface area contributed by atoms with Crippen LogP contribution in [0, 0.1) is 13.8 Å². The van der Waals surface area contributed by atoms with E-state index < -0.39 is 0 Å². The maximum absolute atomic E-state index is 4.62.